The van der Waals surface area contributed by atoms with E-state index in [0.717, 1.165) is 12.5 Å². The lowest BCUT2D eigenvalue weighted by molar-refractivity contribution is -0.150. The number of amides is 2. The summed E-state index contributed by atoms with van der Waals surface area (Å²) in [5.41, 5.74) is -0.669. The topological polar surface area (TPSA) is 69.6 Å². The van der Waals surface area contributed by atoms with Crippen LogP contribution in [-0.2, 0) is 4.79 Å². The van der Waals surface area contributed by atoms with Crippen molar-refractivity contribution in [3.63, 3.8) is 0 Å². The Balaban J connectivity index is 1.74. The number of carboxylic acids is 1. The number of hydrogen-bond donors (Lipinski definition) is 2. The number of hydrogen-bond acceptors (Lipinski definition) is 2. The van der Waals surface area contributed by atoms with Crippen molar-refractivity contribution < 1.29 is 14.7 Å². The van der Waals surface area contributed by atoms with Crippen LogP contribution in [0.25, 0.3) is 0 Å². The highest BCUT2D eigenvalue weighted by Gasteiger charge is 2.38. The second kappa shape index (κ2) is 5.39. The number of rotatable bonds is 4. The zero-order valence-corrected chi connectivity index (χ0v) is 11.8. The molecule has 1 heterocycles. The molecule has 1 aliphatic carbocycles. The van der Waals surface area contributed by atoms with Crippen molar-refractivity contribution in [3.05, 3.63) is 0 Å². The SMILES string of the molecule is CC(CNC(=O)N1CCC(C)(C(=O)O)CC1)C1CC1. The van der Waals surface area contributed by atoms with Crippen LogP contribution in [0.15, 0.2) is 0 Å². The quantitative estimate of drug-likeness (QED) is 0.818. The number of nitrogens with zero attached hydrogens (tertiary/aromatic N) is 1. The highest BCUT2D eigenvalue weighted by Crippen LogP contribution is 2.36. The van der Waals surface area contributed by atoms with Crippen LogP contribution in [0.2, 0.25) is 0 Å². The standard InChI is InChI=1S/C14H24N2O3/c1-10(11-3-4-11)9-15-13(19)16-7-5-14(2,6-8-16)12(17)18/h10-11H,3-9H2,1-2H3,(H,15,19)(H,17,18). The summed E-state index contributed by atoms with van der Waals surface area (Å²) in [5, 5.41) is 12.1. The Morgan fingerprint density at radius 3 is 2.42 bits per heavy atom. The minimum Gasteiger partial charge on any atom is -0.481 e. The predicted octanol–water partition coefficient (Wildman–Crippen LogP) is 1.93. The first-order valence-electron chi connectivity index (χ1n) is 7.18. The molecule has 108 valence electrons. The van der Waals surface area contributed by atoms with Crippen LogP contribution >= 0.6 is 0 Å². The number of carbonyl (C=O) groups excluding carboxylic acids is 1. The summed E-state index contributed by atoms with van der Waals surface area (Å²) in [6, 6.07) is -0.0417. The van der Waals surface area contributed by atoms with E-state index in [2.05, 4.69) is 12.2 Å². The van der Waals surface area contributed by atoms with Crippen molar-refractivity contribution in [3.8, 4) is 0 Å². The van der Waals surface area contributed by atoms with E-state index in [-0.39, 0.29) is 6.03 Å². The molecule has 1 aliphatic heterocycles. The van der Waals surface area contributed by atoms with Gasteiger partial charge in [-0.3, -0.25) is 4.79 Å². The predicted molar refractivity (Wildman–Crippen MR) is 71.8 cm³/mol. The fraction of sp³-hybridized carbons (Fsp3) is 0.857. The zero-order valence-electron chi connectivity index (χ0n) is 11.8. The van der Waals surface area contributed by atoms with Gasteiger partial charge in [-0.1, -0.05) is 6.92 Å². The Bertz CT molecular complexity index is 358. The van der Waals surface area contributed by atoms with Crippen LogP contribution in [0.4, 0.5) is 4.79 Å². The first kappa shape index (κ1) is 14.2. The van der Waals surface area contributed by atoms with Crippen molar-refractivity contribution in [2.45, 2.75) is 39.5 Å². The maximum atomic E-state index is 12.0. The Kier molecular flexibility index (Phi) is 4.02. The Labute approximate surface area is 114 Å². The number of carbonyl (C=O) groups is 2. The molecular formula is C14H24N2O3. The lowest BCUT2D eigenvalue weighted by Gasteiger charge is -2.36. The Morgan fingerprint density at radius 1 is 1.37 bits per heavy atom. The van der Waals surface area contributed by atoms with Crippen LogP contribution < -0.4 is 5.32 Å². The molecule has 1 saturated carbocycles. The molecule has 0 aromatic carbocycles. The van der Waals surface area contributed by atoms with Gasteiger partial charge < -0.3 is 15.3 Å². The average Bonchev–Trinajstić information content (AvgIpc) is 3.20. The molecule has 2 rings (SSSR count). The molecule has 2 amide bonds. The van der Waals surface area contributed by atoms with E-state index >= 15 is 0 Å². The van der Waals surface area contributed by atoms with E-state index in [4.69, 9.17) is 5.11 Å². The molecule has 0 bridgehead atoms. The van der Waals surface area contributed by atoms with E-state index < -0.39 is 11.4 Å². The molecule has 5 heteroatoms. The minimum atomic E-state index is -0.755. The van der Waals surface area contributed by atoms with E-state index in [1.807, 2.05) is 0 Å². The summed E-state index contributed by atoms with van der Waals surface area (Å²) in [5.74, 6) is 0.588. The number of likely N-dealkylation sites (tertiary alicyclic amines) is 1. The largest absolute Gasteiger partial charge is 0.481 e. The van der Waals surface area contributed by atoms with Crippen LogP contribution in [-0.4, -0.2) is 41.6 Å². The van der Waals surface area contributed by atoms with Crippen LogP contribution in [0.5, 0.6) is 0 Å². The lowest BCUT2D eigenvalue weighted by atomic mass is 9.80. The van der Waals surface area contributed by atoms with E-state index in [9.17, 15) is 9.59 Å². The third-order valence-electron chi connectivity index (χ3n) is 4.67. The highest BCUT2D eigenvalue weighted by molar-refractivity contribution is 5.76. The Morgan fingerprint density at radius 2 is 1.95 bits per heavy atom. The molecule has 0 aromatic heterocycles. The van der Waals surface area contributed by atoms with Gasteiger partial charge in [0.15, 0.2) is 0 Å². The van der Waals surface area contributed by atoms with E-state index in [1.165, 1.54) is 12.8 Å². The smallest absolute Gasteiger partial charge is 0.317 e. The van der Waals surface area contributed by atoms with Gasteiger partial charge >= 0.3 is 12.0 Å². The summed E-state index contributed by atoms with van der Waals surface area (Å²) in [7, 11) is 0. The minimum absolute atomic E-state index is 0.0417. The van der Waals surface area contributed by atoms with Gasteiger partial charge in [0.25, 0.3) is 0 Å². The van der Waals surface area contributed by atoms with Gasteiger partial charge in [0.1, 0.15) is 0 Å². The van der Waals surface area contributed by atoms with Crippen molar-refractivity contribution in [1.82, 2.24) is 10.2 Å². The molecule has 1 unspecified atom stereocenters. The van der Waals surface area contributed by atoms with Gasteiger partial charge in [0, 0.05) is 19.6 Å². The van der Waals surface area contributed by atoms with Crippen LogP contribution in [0.3, 0.4) is 0 Å². The Hall–Kier alpha value is -1.26. The second-order valence-corrected chi connectivity index (χ2v) is 6.35. The molecule has 1 atom stereocenters. The molecule has 0 aromatic rings. The fourth-order valence-electron chi connectivity index (χ4n) is 2.61. The molecular weight excluding hydrogens is 244 g/mol. The van der Waals surface area contributed by atoms with Gasteiger partial charge in [0.05, 0.1) is 5.41 Å². The summed E-state index contributed by atoms with van der Waals surface area (Å²) < 4.78 is 0. The highest BCUT2D eigenvalue weighted by atomic mass is 16.4. The third-order valence-corrected chi connectivity index (χ3v) is 4.67. The van der Waals surface area contributed by atoms with E-state index in [0.29, 0.717) is 31.8 Å². The first-order chi connectivity index (χ1) is 8.92. The number of urea groups is 1. The number of nitrogens with one attached hydrogen (secondary N) is 1. The van der Waals surface area contributed by atoms with Crippen molar-refractivity contribution in [1.29, 1.82) is 0 Å². The maximum Gasteiger partial charge on any atom is 0.317 e. The van der Waals surface area contributed by atoms with E-state index in [1.54, 1.807) is 11.8 Å². The van der Waals surface area contributed by atoms with Gasteiger partial charge in [-0.15, -0.1) is 0 Å². The van der Waals surface area contributed by atoms with Crippen molar-refractivity contribution in [2.75, 3.05) is 19.6 Å². The van der Waals surface area contributed by atoms with Crippen molar-refractivity contribution >= 4 is 12.0 Å². The molecule has 19 heavy (non-hydrogen) atoms. The van der Waals surface area contributed by atoms with Gasteiger partial charge in [0.2, 0.25) is 0 Å². The average molecular weight is 268 g/mol. The summed E-state index contributed by atoms with van der Waals surface area (Å²) in [6.45, 7) is 5.74. The summed E-state index contributed by atoms with van der Waals surface area (Å²) in [6.07, 6.45) is 3.65. The monoisotopic (exact) mass is 268 g/mol. The second-order valence-electron chi connectivity index (χ2n) is 6.35. The third kappa shape index (κ3) is 3.39. The summed E-state index contributed by atoms with van der Waals surface area (Å²) >= 11 is 0. The fourth-order valence-corrected chi connectivity index (χ4v) is 2.61. The number of aliphatic carboxylic acids is 1. The lowest BCUT2D eigenvalue weighted by Crippen LogP contribution is -2.49. The summed E-state index contributed by atoms with van der Waals surface area (Å²) in [4.78, 5) is 24.9. The van der Waals surface area contributed by atoms with Gasteiger partial charge in [-0.2, -0.15) is 0 Å². The van der Waals surface area contributed by atoms with Crippen LogP contribution in [0, 0.1) is 17.3 Å². The molecule has 1 saturated heterocycles. The first-order valence-corrected chi connectivity index (χ1v) is 7.18. The van der Waals surface area contributed by atoms with Crippen LogP contribution in [0.1, 0.15) is 39.5 Å². The number of carboxylic acid groups (broad SMARTS) is 1. The van der Waals surface area contributed by atoms with Gasteiger partial charge in [-0.05, 0) is 44.4 Å². The molecule has 0 spiro atoms. The molecule has 2 fully saturated rings. The number of piperidine rings is 1. The van der Waals surface area contributed by atoms with Gasteiger partial charge in [-0.25, -0.2) is 4.79 Å². The molecule has 2 aliphatic rings. The normalized spacial score (nSPS) is 23.8. The molecule has 5 nitrogen and oxygen atoms in total. The molecule has 0 radical (unpaired) electrons. The zero-order chi connectivity index (χ0) is 14.0. The van der Waals surface area contributed by atoms with Crippen molar-refractivity contribution in [2.24, 2.45) is 17.3 Å². The maximum absolute atomic E-state index is 12.0. The molecule has 2 N–H and O–H groups in total.